The molecule has 1 unspecified atom stereocenters. The number of carbonyl (C=O) groups excluding carboxylic acids is 2. The number of ether oxygens (including phenoxy) is 2. The molecule has 7 heteroatoms. The molecule has 2 aromatic heterocycles. The molecule has 2 heterocycles. The predicted molar refractivity (Wildman–Crippen MR) is 99.4 cm³/mol. The molecule has 2 rings (SSSR count). The summed E-state index contributed by atoms with van der Waals surface area (Å²) in [6.07, 6.45) is 1.25. The van der Waals surface area contributed by atoms with Gasteiger partial charge in [-0.05, 0) is 59.2 Å². The van der Waals surface area contributed by atoms with Crippen molar-refractivity contribution in [3.8, 4) is 0 Å². The van der Waals surface area contributed by atoms with E-state index in [0.717, 1.165) is 10.9 Å². The van der Waals surface area contributed by atoms with Crippen molar-refractivity contribution in [2.75, 3.05) is 13.2 Å². The quantitative estimate of drug-likeness (QED) is 0.823. The first-order valence-corrected chi connectivity index (χ1v) is 8.74. The van der Waals surface area contributed by atoms with Gasteiger partial charge in [-0.15, -0.1) is 0 Å². The van der Waals surface area contributed by atoms with Crippen LogP contribution >= 0.6 is 0 Å². The Morgan fingerprint density at radius 1 is 1.31 bits per heavy atom. The second-order valence-electron chi connectivity index (χ2n) is 7.28. The molecule has 0 saturated carbocycles. The van der Waals surface area contributed by atoms with E-state index in [1.165, 1.54) is 0 Å². The first kappa shape index (κ1) is 19.8. The summed E-state index contributed by atoms with van der Waals surface area (Å²) in [5.74, 6) is -0.410. The van der Waals surface area contributed by atoms with Crippen LogP contribution in [0.5, 0.6) is 0 Å². The highest BCUT2D eigenvalue weighted by molar-refractivity contribution is 5.94. The van der Waals surface area contributed by atoms with Crippen LogP contribution in [0.3, 0.4) is 0 Å². The summed E-state index contributed by atoms with van der Waals surface area (Å²) in [5.41, 5.74) is 1.53. The van der Waals surface area contributed by atoms with E-state index in [1.807, 2.05) is 19.9 Å². The van der Waals surface area contributed by atoms with Gasteiger partial charge in [-0.25, -0.2) is 14.6 Å². The third-order valence-corrected chi connectivity index (χ3v) is 3.68. The van der Waals surface area contributed by atoms with Crippen LogP contribution in [-0.4, -0.2) is 40.4 Å². The van der Waals surface area contributed by atoms with Gasteiger partial charge >= 0.3 is 12.1 Å². The molecule has 0 bridgehead atoms. The highest BCUT2D eigenvalue weighted by Crippen LogP contribution is 2.24. The maximum Gasteiger partial charge on any atom is 0.407 e. The third-order valence-electron chi connectivity index (χ3n) is 3.68. The van der Waals surface area contributed by atoms with Crippen LogP contribution in [-0.2, 0) is 9.47 Å². The zero-order valence-corrected chi connectivity index (χ0v) is 16.3. The van der Waals surface area contributed by atoms with Gasteiger partial charge in [0, 0.05) is 18.1 Å². The number of nitrogens with zero attached hydrogens (tertiary/aromatic N) is 2. The number of esters is 1. The van der Waals surface area contributed by atoms with Gasteiger partial charge in [-0.3, -0.25) is 0 Å². The Morgan fingerprint density at radius 3 is 2.62 bits per heavy atom. The van der Waals surface area contributed by atoms with Crippen LogP contribution in [0.25, 0.3) is 11.0 Å². The molecule has 7 nitrogen and oxygen atoms in total. The van der Waals surface area contributed by atoms with Crippen molar-refractivity contribution < 1.29 is 19.1 Å². The summed E-state index contributed by atoms with van der Waals surface area (Å²) >= 11 is 0. The highest BCUT2D eigenvalue weighted by atomic mass is 16.6. The van der Waals surface area contributed by atoms with E-state index in [2.05, 4.69) is 10.3 Å². The lowest BCUT2D eigenvalue weighted by Crippen LogP contribution is -2.35. The Bertz CT molecular complexity index is 805. The van der Waals surface area contributed by atoms with E-state index in [9.17, 15) is 9.59 Å². The van der Waals surface area contributed by atoms with Crippen LogP contribution in [0.2, 0.25) is 0 Å². The number of aryl methyl sites for hydroxylation is 1. The van der Waals surface area contributed by atoms with Gasteiger partial charge in [0.15, 0.2) is 0 Å². The summed E-state index contributed by atoms with van der Waals surface area (Å²) in [6.45, 7) is 11.6. The van der Waals surface area contributed by atoms with Crippen molar-refractivity contribution in [2.24, 2.45) is 0 Å². The Labute approximate surface area is 153 Å². The number of carbonyl (C=O) groups is 2. The molecule has 0 aliphatic carbocycles. The van der Waals surface area contributed by atoms with Crippen LogP contribution < -0.4 is 5.32 Å². The fraction of sp³-hybridized carbons (Fsp3) is 0.526. The average Bonchev–Trinajstić information content (AvgIpc) is 2.89. The summed E-state index contributed by atoms with van der Waals surface area (Å²) < 4.78 is 12.2. The maximum absolute atomic E-state index is 12.4. The van der Waals surface area contributed by atoms with Crippen LogP contribution in [0.4, 0.5) is 4.79 Å². The lowest BCUT2D eigenvalue weighted by atomic mass is 10.2. The van der Waals surface area contributed by atoms with Crippen molar-refractivity contribution in [3.05, 3.63) is 29.6 Å². The summed E-state index contributed by atoms with van der Waals surface area (Å²) in [4.78, 5) is 28.7. The van der Waals surface area contributed by atoms with Gasteiger partial charge in [0.1, 0.15) is 16.9 Å². The number of rotatable bonds is 5. The second-order valence-corrected chi connectivity index (χ2v) is 7.28. The van der Waals surface area contributed by atoms with Gasteiger partial charge in [-0.1, -0.05) is 0 Å². The van der Waals surface area contributed by atoms with E-state index in [0.29, 0.717) is 17.9 Å². The fourth-order valence-electron chi connectivity index (χ4n) is 2.67. The van der Waals surface area contributed by atoms with Crippen molar-refractivity contribution >= 4 is 23.1 Å². The Kier molecular flexibility index (Phi) is 5.90. The molecule has 0 saturated heterocycles. The molecule has 0 radical (unpaired) electrons. The van der Waals surface area contributed by atoms with Crippen molar-refractivity contribution in [3.63, 3.8) is 0 Å². The molecule has 0 aliphatic rings. The molecule has 1 N–H and O–H groups in total. The number of fused-ring (bicyclic) bond motifs is 1. The Morgan fingerprint density at radius 2 is 2.00 bits per heavy atom. The second kappa shape index (κ2) is 7.76. The summed E-state index contributed by atoms with van der Waals surface area (Å²) in [5, 5.41) is 3.60. The molecule has 142 valence electrons. The Balaban J connectivity index is 2.29. The van der Waals surface area contributed by atoms with E-state index >= 15 is 0 Å². The predicted octanol–water partition coefficient (Wildman–Crippen LogP) is 3.61. The number of alkyl carbamates (subject to hydrolysis) is 1. The molecule has 2 aromatic rings. The fourth-order valence-corrected chi connectivity index (χ4v) is 2.67. The summed E-state index contributed by atoms with van der Waals surface area (Å²) in [6, 6.07) is 3.53. The number of hydrogen-bond donors (Lipinski definition) is 1. The van der Waals surface area contributed by atoms with Gasteiger partial charge in [0.2, 0.25) is 0 Å². The standard InChI is InChI=1S/C19H27N3O4/c1-7-25-17(23)15-9-14-8-12(2)10-20-16(14)22(15)13(3)11-21-18(24)26-19(4,5)6/h8-10,13H,7,11H2,1-6H3,(H,21,24). The smallest absolute Gasteiger partial charge is 0.407 e. The van der Waals surface area contributed by atoms with E-state index in [4.69, 9.17) is 9.47 Å². The number of pyridine rings is 1. The van der Waals surface area contributed by atoms with Gasteiger partial charge in [-0.2, -0.15) is 0 Å². The molecule has 0 aromatic carbocycles. The lowest BCUT2D eigenvalue weighted by Gasteiger charge is -2.22. The molecule has 26 heavy (non-hydrogen) atoms. The van der Waals surface area contributed by atoms with Crippen molar-refractivity contribution in [1.82, 2.24) is 14.9 Å². The van der Waals surface area contributed by atoms with Gasteiger partial charge in [0.05, 0.1) is 12.6 Å². The topological polar surface area (TPSA) is 82.5 Å². The number of hydrogen-bond acceptors (Lipinski definition) is 5. The van der Waals surface area contributed by atoms with Crippen LogP contribution in [0, 0.1) is 6.92 Å². The molecular formula is C19H27N3O4. The molecule has 0 fully saturated rings. The number of amides is 1. The minimum absolute atomic E-state index is 0.213. The van der Waals surface area contributed by atoms with E-state index in [1.54, 1.807) is 44.5 Å². The SMILES string of the molecule is CCOC(=O)c1cc2cc(C)cnc2n1C(C)CNC(=O)OC(C)(C)C. The molecule has 1 amide bonds. The number of aromatic nitrogens is 2. The number of nitrogens with one attached hydrogen (secondary N) is 1. The Hall–Kier alpha value is -2.57. The first-order valence-electron chi connectivity index (χ1n) is 8.74. The summed E-state index contributed by atoms with van der Waals surface area (Å²) in [7, 11) is 0. The largest absolute Gasteiger partial charge is 0.461 e. The van der Waals surface area contributed by atoms with Gasteiger partial charge < -0.3 is 19.4 Å². The van der Waals surface area contributed by atoms with Gasteiger partial charge in [0.25, 0.3) is 0 Å². The van der Waals surface area contributed by atoms with E-state index in [-0.39, 0.29) is 12.6 Å². The first-order chi connectivity index (χ1) is 12.1. The van der Waals surface area contributed by atoms with E-state index < -0.39 is 17.7 Å². The van der Waals surface area contributed by atoms with Crippen LogP contribution in [0.15, 0.2) is 18.3 Å². The minimum Gasteiger partial charge on any atom is -0.461 e. The molecule has 0 spiro atoms. The molecule has 0 aliphatic heterocycles. The molecular weight excluding hydrogens is 334 g/mol. The maximum atomic E-state index is 12.4. The average molecular weight is 361 g/mol. The van der Waals surface area contributed by atoms with Crippen LogP contribution in [0.1, 0.15) is 56.7 Å². The van der Waals surface area contributed by atoms with Crippen molar-refractivity contribution in [1.29, 1.82) is 0 Å². The highest BCUT2D eigenvalue weighted by Gasteiger charge is 2.22. The molecule has 1 atom stereocenters. The monoisotopic (exact) mass is 361 g/mol. The third kappa shape index (κ3) is 4.74. The minimum atomic E-state index is -0.567. The zero-order chi connectivity index (χ0) is 19.5. The normalized spacial score (nSPS) is 12.7. The lowest BCUT2D eigenvalue weighted by molar-refractivity contribution is 0.0511. The van der Waals surface area contributed by atoms with Crippen molar-refractivity contribution in [2.45, 2.75) is 53.2 Å². The zero-order valence-electron chi connectivity index (χ0n) is 16.3.